The standard InChI is InChI=1S/C16H13F4NO2/c1-7-4-5-8(2)9(6-7)21-16(22)10-11(17)13(19)15(23-3)14(20)12(10)18/h4-6H,1-3H3,(H,21,22). The Morgan fingerprint density at radius 3 is 2.09 bits per heavy atom. The molecule has 0 radical (unpaired) electrons. The van der Waals surface area contributed by atoms with Gasteiger partial charge in [0.05, 0.1) is 7.11 Å². The van der Waals surface area contributed by atoms with Gasteiger partial charge in [0.15, 0.2) is 17.4 Å². The maximum Gasteiger partial charge on any atom is 0.261 e. The fraction of sp³-hybridized carbons (Fsp3) is 0.188. The summed E-state index contributed by atoms with van der Waals surface area (Å²) in [4.78, 5) is 12.1. The Balaban J connectivity index is 2.50. The largest absolute Gasteiger partial charge is 0.491 e. The topological polar surface area (TPSA) is 38.3 Å². The molecular formula is C16H13F4NO2. The number of hydrogen-bond donors (Lipinski definition) is 1. The highest BCUT2D eigenvalue weighted by molar-refractivity contribution is 6.05. The predicted molar refractivity (Wildman–Crippen MR) is 76.7 cm³/mol. The maximum atomic E-state index is 13.9. The van der Waals surface area contributed by atoms with Crippen LogP contribution in [0.25, 0.3) is 0 Å². The van der Waals surface area contributed by atoms with Crippen LogP contribution >= 0.6 is 0 Å². The monoisotopic (exact) mass is 327 g/mol. The number of benzene rings is 2. The van der Waals surface area contributed by atoms with E-state index >= 15 is 0 Å². The Morgan fingerprint density at radius 1 is 1.00 bits per heavy atom. The molecule has 3 nitrogen and oxygen atoms in total. The summed E-state index contributed by atoms with van der Waals surface area (Å²) in [6.07, 6.45) is 0. The van der Waals surface area contributed by atoms with Crippen LogP contribution in [0.1, 0.15) is 21.5 Å². The third-order valence-corrected chi connectivity index (χ3v) is 3.30. The quantitative estimate of drug-likeness (QED) is 0.680. The van der Waals surface area contributed by atoms with Crippen LogP contribution in [0.15, 0.2) is 18.2 Å². The van der Waals surface area contributed by atoms with Crippen LogP contribution in [-0.2, 0) is 0 Å². The second-order valence-electron chi connectivity index (χ2n) is 4.94. The van der Waals surface area contributed by atoms with Crippen LogP contribution < -0.4 is 10.1 Å². The Labute approximate surface area is 129 Å². The van der Waals surface area contributed by atoms with Gasteiger partial charge in [-0.3, -0.25) is 4.79 Å². The van der Waals surface area contributed by atoms with Crippen molar-refractivity contribution in [2.75, 3.05) is 12.4 Å². The van der Waals surface area contributed by atoms with E-state index in [1.54, 1.807) is 32.0 Å². The molecule has 0 aliphatic rings. The van der Waals surface area contributed by atoms with Crippen LogP contribution in [0.3, 0.4) is 0 Å². The van der Waals surface area contributed by atoms with E-state index in [1.165, 1.54) is 0 Å². The Hall–Kier alpha value is -2.57. The van der Waals surface area contributed by atoms with Crippen molar-refractivity contribution in [3.63, 3.8) is 0 Å². The summed E-state index contributed by atoms with van der Waals surface area (Å²) >= 11 is 0. The summed E-state index contributed by atoms with van der Waals surface area (Å²) in [7, 11) is 0.857. The zero-order valence-corrected chi connectivity index (χ0v) is 12.6. The lowest BCUT2D eigenvalue weighted by atomic mass is 10.1. The number of carbonyl (C=O) groups is 1. The average Bonchev–Trinajstić information content (AvgIpc) is 2.50. The fourth-order valence-corrected chi connectivity index (χ4v) is 2.05. The van der Waals surface area contributed by atoms with Gasteiger partial charge in [-0.15, -0.1) is 0 Å². The van der Waals surface area contributed by atoms with Gasteiger partial charge in [0, 0.05) is 5.69 Å². The molecule has 0 saturated heterocycles. The molecule has 0 saturated carbocycles. The summed E-state index contributed by atoms with van der Waals surface area (Å²) in [5.74, 6) is -9.68. The van der Waals surface area contributed by atoms with Crippen LogP contribution in [-0.4, -0.2) is 13.0 Å². The Bertz CT molecular complexity index is 761. The first-order chi connectivity index (χ1) is 10.8. The van der Waals surface area contributed by atoms with Gasteiger partial charge in [-0.05, 0) is 31.0 Å². The Kier molecular flexibility index (Phi) is 4.58. The summed E-state index contributed by atoms with van der Waals surface area (Å²) < 4.78 is 59.4. The molecule has 0 bridgehead atoms. The first-order valence-corrected chi connectivity index (χ1v) is 6.56. The minimum atomic E-state index is -1.82. The molecule has 2 aromatic rings. The summed E-state index contributed by atoms with van der Waals surface area (Å²) in [5.41, 5.74) is 0.352. The summed E-state index contributed by atoms with van der Waals surface area (Å²) in [5, 5.41) is 2.25. The van der Waals surface area contributed by atoms with Crippen molar-refractivity contribution in [2.24, 2.45) is 0 Å². The van der Waals surface area contributed by atoms with E-state index in [0.29, 0.717) is 5.56 Å². The molecule has 0 spiro atoms. The first kappa shape index (κ1) is 16.8. The van der Waals surface area contributed by atoms with E-state index in [4.69, 9.17) is 0 Å². The minimum Gasteiger partial charge on any atom is -0.491 e. The molecule has 0 aliphatic heterocycles. The number of amides is 1. The highest BCUT2D eigenvalue weighted by atomic mass is 19.2. The molecule has 0 atom stereocenters. The number of methoxy groups -OCH3 is 1. The Morgan fingerprint density at radius 2 is 1.57 bits per heavy atom. The zero-order valence-electron chi connectivity index (χ0n) is 12.6. The van der Waals surface area contributed by atoms with Gasteiger partial charge < -0.3 is 10.1 Å². The summed E-state index contributed by atoms with van der Waals surface area (Å²) in [6.45, 7) is 3.42. The second kappa shape index (κ2) is 6.28. The molecule has 1 amide bonds. The molecule has 0 fully saturated rings. The van der Waals surface area contributed by atoms with Crippen LogP contribution in [0, 0.1) is 37.1 Å². The van der Waals surface area contributed by atoms with Gasteiger partial charge in [-0.2, -0.15) is 8.78 Å². The van der Waals surface area contributed by atoms with Gasteiger partial charge in [0.1, 0.15) is 5.56 Å². The van der Waals surface area contributed by atoms with Crippen molar-refractivity contribution in [1.29, 1.82) is 0 Å². The van der Waals surface area contributed by atoms with Crippen LogP contribution in [0.2, 0.25) is 0 Å². The highest BCUT2D eigenvalue weighted by Crippen LogP contribution is 2.30. The van der Waals surface area contributed by atoms with E-state index in [-0.39, 0.29) is 5.69 Å². The normalized spacial score (nSPS) is 10.6. The van der Waals surface area contributed by atoms with Gasteiger partial charge >= 0.3 is 0 Å². The third kappa shape index (κ3) is 2.99. The summed E-state index contributed by atoms with van der Waals surface area (Å²) in [6, 6.07) is 5.03. The van der Waals surface area contributed by atoms with Gasteiger partial charge in [-0.25, -0.2) is 8.78 Å². The lowest BCUT2D eigenvalue weighted by Crippen LogP contribution is -2.19. The molecule has 0 heterocycles. The van der Waals surface area contributed by atoms with Gasteiger partial charge in [0.25, 0.3) is 5.91 Å². The number of hydrogen-bond acceptors (Lipinski definition) is 2. The maximum absolute atomic E-state index is 13.9. The van der Waals surface area contributed by atoms with E-state index in [1.807, 2.05) is 0 Å². The van der Waals surface area contributed by atoms with E-state index in [0.717, 1.165) is 12.7 Å². The molecular weight excluding hydrogens is 314 g/mol. The number of ether oxygens (including phenoxy) is 1. The SMILES string of the molecule is COc1c(F)c(F)c(C(=O)Nc2cc(C)ccc2C)c(F)c1F. The van der Waals surface area contributed by atoms with Gasteiger partial charge in [-0.1, -0.05) is 12.1 Å². The number of rotatable bonds is 3. The van der Waals surface area contributed by atoms with Crippen molar-refractivity contribution >= 4 is 11.6 Å². The van der Waals surface area contributed by atoms with Crippen LogP contribution in [0.4, 0.5) is 23.2 Å². The van der Waals surface area contributed by atoms with E-state index in [9.17, 15) is 22.4 Å². The molecule has 23 heavy (non-hydrogen) atoms. The second-order valence-corrected chi connectivity index (χ2v) is 4.94. The van der Waals surface area contributed by atoms with Crippen LogP contribution in [0.5, 0.6) is 5.75 Å². The van der Waals surface area contributed by atoms with E-state index in [2.05, 4.69) is 10.1 Å². The number of halogens is 4. The molecule has 2 aromatic carbocycles. The van der Waals surface area contributed by atoms with Crippen molar-refractivity contribution in [2.45, 2.75) is 13.8 Å². The minimum absolute atomic E-state index is 0.283. The zero-order chi connectivity index (χ0) is 17.3. The lowest BCUT2D eigenvalue weighted by Gasteiger charge is -2.13. The molecule has 0 aromatic heterocycles. The fourth-order valence-electron chi connectivity index (χ4n) is 2.05. The first-order valence-electron chi connectivity index (χ1n) is 6.56. The van der Waals surface area contributed by atoms with Crippen molar-refractivity contribution in [3.8, 4) is 5.75 Å². The third-order valence-electron chi connectivity index (χ3n) is 3.30. The van der Waals surface area contributed by atoms with E-state index < -0.39 is 40.5 Å². The predicted octanol–water partition coefficient (Wildman–Crippen LogP) is 4.12. The molecule has 0 aliphatic carbocycles. The van der Waals surface area contributed by atoms with Crippen molar-refractivity contribution in [1.82, 2.24) is 0 Å². The highest BCUT2D eigenvalue weighted by Gasteiger charge is 2.30. The number of aryl methyl sites for hydroxylation is 2. The lowest BCUT2D eigenvalue weighted by molar-refractivity contribution is 0.101. The molecule has 7 heteroatoms. The molecule has 0 unspecified atom stereocenters. The van der Waals surface area contributed by atoms with Crippen molar-refractivity contribution < 1.29 is 27.1 Å². The molecule has 2 rings (SSSR count). The number of carbonyl (C=O) groups excluding carboxylic acids is 1. The number of nitrogens with one attached hydrogen (secondary N) is 1. The molecule has 122 valence electrons. The smallest absolute Gasteiger partial charge is 0.261 e. The van der Waals surface area contributed by atoms with Gasteiger partial charge in [0.2, 0.25) is 11.6 Å². The average molecular weight is 327 g/mol. The van der Waals surface area contributed by atoms with Crippen molar-refractivity contribution in [3.05, 3.63) is 58.2 Å². The molecule has 1 N–H and O–H groups in total. The number of anilines is 1.